The van der Waals surface area contributed by atoms with Gasteiger partial charge in [-0.15, -0.1) is 0 Å². The van der Waals surface area contributed by atoms with Gasteiger partial charge in [0.15, 0.2) is 0 Å². The van der Waals surface area contributed by atoms with E-state index in [1.165, 1.54) is 12.1 Å². The lowest BCUT2D eigenvalue weighted by Crippen LogP contribution is -2.43. The van der Waals surface area contributed by atoms with Gasteiger partial charge < -0.3 is 5.32 Å². The predicted octanol–water partition coefficient (Wildman–Crippen LogP) is 5.04. The van der Waals surface area contributed by atoms with Crippen LogP contribution < -0.4 is 5.32 Å². The molecule has 0 bridgehead atoms. The first-order valence-electron chi connectivity index (χ1n) is 8.39. The molecule has 0 aromatic heterocycles. The number of Topliss-reactive ketones (excluding diaryl/α,β-unsaturated/α-hetero) is 1. The van der Waals surface area contributed by atoms with Crippen LogP contribution in [0.4, 0.5) is 8.78 Å². The van der Waals surface area contributed by atoms with Gasteiger partial charge in [-0.3, -0.25) is 4.79 Å². The van der Waals surface area contributed by atoms with Gasteiger partial charge in [-0.05, 0) is 11.1 Å². The zero-order chi connectivity index (χ0) is 18.4. The minimum absolute atomic E-state index is 0.0000535. The fourth-order valence-electron chi connectivity index (χ4n) is 2.83. The van der Waals surface area contributed by atoms with Crippen LogP contribution in [0.2, 0.25) is 0 Å². The smallest absolute Gasteiger partial charge is 0.300 e. The van der Waals surface area contributed by atoms with E-state index in [9.17, 15) is 4.79 Å². The van der Waals surface area contributed by atoms with Crippen LogP contribution in [0, 0.1) is 0 Å². The molecule has 0 aliphatic carbocycles. The van der Waals surface area contributed by atoms with Crippen molar-refractivity contribution in [1.29, 1.82) is 0 Å². The minimum Gasteiger partial charge on any atom is -0.300 e. The van der Waals surface area contributed by atoms with Crippen LogP contribution in [0.15, 0.2) is 91.0 Å². The van der Waals surface area contributed by atoms with Gasteiger partial charge in [-0.1, -0.05) is 91.0 Å². The summed E-state index contributed by atoms with van der Waals surface area (Å²) in [4.78, 5) is 12.5. The molecule has 3 rings (SSSR count). The second-order valence-electron chi connectivity index (χ2n) is 6.03. The van der Waals surface area contributed by atoms with Crippen molar-refractivity contribution in [2.24, 2.45) is 0 Å². The van der Waals surface area contributed by atoms with Gasteiger partial charge in [0.1, 0.15) is 6.04 Å². The lowest BCUT2D eigenvalue weighted by molar-refractivity contribution is -0.0169. The Morgan fingerprint density at radius 2 is 1.31 bits per heavy atom. The molecule has 2 nitrogen and oxygen atoms in total. The summed E-state index contributed by atoms with van der Waals surface area (Å²) in [5, 5.41) is 2.87. The SMILES string of the molecule is O=C(c1ccccc1)C(F)(F)C(NCc1ccccc1)c1ccccc1. The Hall–Kier alpha value is -2.85. The third kappa shape index (κ3) is 4.03. The third-order valence-electron chi connectivity index (χ3n) is 4.19. The van der Waals surface area contributed by atoms with E-state index in [2.05, 4.69) is 5.32 Å². The van der Waals surface area contributed by atoms with Gasteiger partial charge in [-0.25, -0.2) is 0 Å². The largest absolute Gasteiger partial charge is 0.328 e. The number of halogens is 2. The normalized spacial score (nSPS) is 12.5. The lowest BCUT2D eigenvalue weighted by atomic mass is 9.93. The van der Waals surface area contributed by atoms with Gasteiger partial charge in [-0.2, -0.15) is 8.78 Å². The van der Waals surface area contributed by atoms with Crippen molar-refractivity contribution in [2.45, 2.75) is 18.5 Å². The van der Waals surface area contributed by atoms with Crippen molar-refractivity contribution in [1.82, 2.24) is 5.32 Å². The van der Waals surface area contributed by atoms with Gasteiger partial charge in [0, 0.05) is 12.1 Å². The van der Waals surface area contributed by atoms with E-state index in [0.29, 0.717) is 5.56 Å². The number of rotatable bonds is 7. The Labute approximate surface area is 151 Å². The molecular formula is C22H19F2NO. The third-order valence-corrected chi connectivity index (χ3v) is 4.19. The second-order valence-corrected chi connectivity index (χ2v) is 6.03. The molecule has 0 fully saturated rings. The lowest BCUT2D eigenvalue weighted by Gasteiger charge is -2.27. The predicted molar refractivity (Wildman–Crippen MR) is 98.2 cm³/mol. The molecule has 0 amide bonds. The average Bonchev–Trinajstić information content (AvgIpc) is 2.69. The van der Waals surface area contributed by atoms with Crippen LogP contribution in [0.5, 0.6) is 0 Å². The maximum atomic E-state index is 15.1. The molecule has 3 aromatic rings. The Morgan fingerprint density at radius 3 is 1.88 bits per heavy atom. The molecule has 3 aromatic carbocycles. The summed E-state index contributed by atoms with van der Waals surface area (Å²) in [7, 11) is 0. The quantitative estimate of drug-likeness (QED) is 0.605. The molecule has 4 heteroatoms. The minimum atomic E-state index is -3.59. The molecule has 0 spiro atoms. The average molecular weight is 351 g/mol. The molecule has 0 saturated heterocycles. The summed E-state index contributed by atoms with van der Waals surface area (Å²) in [5.74, 6) is -4.77. The number of hydrogen-bond donors (Lipinski definition) is 1. The first-order valence-corrected chi connectivity index (χ1v) is 8.39. The van der Waals surface area contributed by atoms with Crippen LogP contribution in [-0.4, -0.2) is 11.7 Å². The number of carbonyl (C=O) groups excluding carboxylic acids is 1. The molecule has 0 aliphatic rings. The zero-order valence-electron chi connectivity index (χ0n) is 14.1. The highest BCUT2D eigenvalue weighted by atomic mass is 19.3. The Kier molecular flexibility index (Phi) is 5.54. The van der Waals surface area contributed by atoms with Crippen molar-refractivity contribution in [3.63, 3.8) is 0 Å². The van der Waals surface area contributed by atoms with Crippen molar-refractivity contribution in [2.75, 3.05) is 0 Å². The Bertz CT molecular complexity index is 836. The summed E-state index contributed by atoms with van der Waals surface area (Å²) >= 11 is 0. The molecule has 1 atom stereocenters. The summed E-state index contributed by atoms with van der Waals surface area (Å²) in [6.07, 6.45) is 0. The molecule has 1 N–H and O–H groups in total. The van der Waals surface area contributed by atoms with Crippen molar-refractivity contribution < 1.29 is 13.6 Å². The monoisotopic (exact) mass is 351 g/mol. The molecule has 26 heavy (non-hydrogen) atoms. The number of nitrogens with one attached hydrogen (secondary N) is 1. The van der Waals surface area contributed by atoms with Crippen molar-refractivity contribution >= 4 is 5.78 Å². The number of ketones is 1. The van der Waals surface area contributed by atoms with E-state index in [0.717, 1.165) is 5.56 Å². The van der Waals surface area contributed by atoms with E-state index in [4.69, 9.17) is 0 Å². The van der Waals surface area contributed by atoms with Gasteiger partial charge in [0.25, 0.3) is 0 Å². The molecule has 1 unspecified atom stereocenters. The number of carbonyl (C=O) groups is 1. The van der Waals surface area contributed by atoms with Crippen LogP contribution in [0.25, 0.3) is 0 Å². The Morgan fingerprint density at radius 1 is 0.808 bits per heavy atom. The highest BCUT2D eigenvalue weighted by Gasteiger charge is 2.47. The maximum Gasteiger partial charge on any atom is 0.328 e. The second kappa shape index (κ2) is 8.02. The van der Waals surface area contributed by atoms with Gasteiger partial charge in [0.05, 0.1) is 0 Å². The number of hydrogen-bond acceptors (Lipinski definition) is 2. The van der Waals surface area contributed by atoms with E-state index in [-0.39, 0.29) is 12.1 Å². The summed E-state index contributed by atoms with van der Waals surface area (Å²) < 4.78 is 30.3. The summed E-state index contributed by atoms with van der Waals surface area (Å²) in [6.45, 7) is 0.234. The van der Waals surface area contributed by atoms with Crippen molar-refractivity contribution in [3.8, 4) is 0 Å². The fraction of sp³-hybridized carbons (Fsp3) is 0.136. The molecule has 0 saturated carbocycles. The molecule has 0 heterocycles. The van der Waals surface area contributed by atoms with Crippen LogP contribution in [-0.2, 0) is 6.54 Å². The molecule has 0 aliphatic heterocycles. The molecule has 0 radical (unpaired) electrons. The zero-order valence-corrected chi connectivity index (χ0v) is 14.1. The van der Waals surface area contributed by atoms with E-state index in [1.54, 1.807) is 48.5 Å². The Balaban J connectivity index is 1.90. The standard InChI is InChI=1S/C22H19F2NO/c23-22(24,21(26)19-14-8-3-9-15-19)20(18-12-6-2-7-13-18)25-16-17-10-4-1-5-11-17/h1-15,20,25H,16H2. The highest BCUT2D eigenvalue weighted by Crippen LogP contribution is 2.34. The fourth-order valence-corrected chi connectivity index (χ4v) is 2.83. The highest BCUT2D eigenvalue weighted by molar-refractivity contribution is 6.01. The molecular weight excluding hydrogens is 332 g/mol. The topological polar surface area (TPSA) is 29.1 Å². The van der Waals surface area contributed by atoms with Crippen LogP contribution in [0.1, 0.15) is 27.5 Å². The summed E-state index contributed by atoms with van der Waals surface area (Å²) in [6, 6.07) is 23.9. The summed E-state index contributed by atoms with van der Waals surface area (Å²) in [5.41, 5.74) is 1.24. The number of alkyl halides is 2. The van der Waals surface area contributed by atoms with E-state index in [1.807, 2.05) is 30.3 Å². The maximum absolute atomic E-state index is 15.1. The van der Waals surface area contributed by atoms with Crippen LogP contribution in [0.3, 0.4) is 0 Å². The van der Waals surface area contributed by atoms with E-state index >= 15 is 8.78 Å². The van der Waals surface area contributed by atoms with E-state index < -0.39 is 17.7 Å². The van der Waals surface area contributed by atoms with Crippen LogP contribution >= 0.6 is 0 Å². The van der Waals surface area contributed by atoms with Gasteiger partial charge >= 0.3 is 5.92 Å². The first-order chi connectivity index (χ1) is 12.6. The first kappa shape index (κ1) is 18.0. The molecule has 132 valence electrons. The van der Waals surface area contributed by atoms with Crippen molar-refractivity contribution in [3.05, 3.63) is 108 Å². The van der Waals surface area contributed by atoms with Gasteiger partial charge in [0.2, 0.25) is 5.78 Å². The number of benzene rings is 3.